The van der Waals surface area contributed by atoms with Crippen LogP contribution in [0, 0.1) is 15.9 Å². The van der Waals surface area contributed by atoms with Crippen LogP contribution in [0.25, 0.3) is 0 Å². The molecule has 0 aliphatic carbocycles. The summed E-state index contributed by atoms with van der Waals surface area (Å²) in [6, 6.07) is 19.6. The van der Waals surface area contributed by atoms with Crippen molar-refractivity contribution >= 4 is 17.3 Å². The first-order chi connectivity index (χ1) is 12.9. The first-order valence-electron chi connectivity index (χ1n) is 8.01. The van der Waals surface area contributed by atoms with Gasteiger partial charge in [-0.2, -0.15) is 4.39 Å². The van der Waals surface area contributed by atoms with Gasteiger partial charge in [0.1, 0.15) is 0 Å². The highest BCUT2D eigenvalue weighted by molar-refractivity contribution is 6.00. The number of nitro benzene ring substituents is 1. The van der Waals surface area contributed by atoms with Gasteiger partial charge in [-0.1, -0.05) is 60.7 Å². The molecule has 0 atom stereocenters. The number of nitro groups is 1. The van der Waals surface area contributed by atoms with E-state index in [-0.39, 0.29) is 5.69 Å². The molecule has 0 heterocycles. The molecule has 3 aromatic rings. The lowest BCUT2D eigenvalue weighted by molar-refractivity contribution is -0.387. The molecule has 136 valence electrons. The van der Waals surface area contributed by atoms with Crippen LogP contribution in [0.4, 0.5) is 15.8 Å². The fourth-order valence-electron chi connectivity index (χ4n) is 2.74. The number of amides is 1. The Morgan fingerprint density at radius 2 is 1.48 bits per heavy atom. The minimum Gasteiger partial charge on any atom is -0.372 e. The smallest absolute Gasteiger partial charge is 0.306 e. The van der Waals surface area contributed by atoms with Crippen molar-refractivity contribution in [3.8, 4) is 0 Å². The first-order valence-corrected chi connectivity index (χ1v) is 8.01. The molecule has 0 saturated heterocycles. The van der Waals surface area contributed by atoms with Crippen LogP contribution < -0.4 is 5.32 Å². The van der Waals surface area contributed by atoms with Crippen molar-refractivity contribution in [3.63, 3.8) is 0 Å². The summed E-state index contributed by atoms with van der Waals surface area (Å²) in [6.45, 7) is 0. The van der Waals surface area contributed by atoms with Crippen molar-refractivity contribution < 1.29 is 19.2 Å². The third kappa shape index (κ3) is 3.54. The van der Waals surface area contributed by atoms with Gasteiger partial charge >= 0.3 is 5.69 Å². The van der Waals surface area contributed by atoms with E-state index in [2.05, 4.69) is 5.32 Å². The van der Waals surface area contributed by atoms with E-state index in [0.717, 1.165) is 12.1 Å². The lowest BCUT2D eigenvalue weighted by atomic mass is 9.85. The lowest BCUT2D eigenvalue weighted by Gasteiger charge is -2.28. The Hall–Kier alpha value is -3.58. The number of hydrogen-bond donors (Lipinski definition) is 2. The summed E-state index contributed by atoms with van der Waals surface area (Å²) in [5, 5.41) is 24.6. The van der Waals surface area contributed by atoms with Gasteiger partial charge in [0, 0.05) is 11.8 Å². The number of aliphatic hydroxyl groups is 1. The summed E-state index contributed by atoms with van der Waals surface area (Å²) < 4.78 is 13.5. The molecule has 0 spiro atoms. The average molecular weight is 366 g/mol. The highest BCUT2D eigenvalue weighted by atomic mass is 19.1. The molecule has 27 heavy (non-hydrogen) atoms. The molecule has 0 aliphatic rings. The van der Waals surface area contributed by atoms with Gasteiger partial charge in [-0.25, -0.2) is 0 Å². The van der Waals surface area contributed by atoms with Crippen molar-refractivity contribution in [2.45, 2.75) is 5.60 Å². The Kier molecular flexibility index (Phi) is 4.96. The van der Waals surface area contributed by atoms with E-state index in [9.17, 15) is 24.4 Å². The zero-order valence-electron chi connectivity index (χ0n) is 14.0. The second-order valence-electron chi connectivity index (χ2n) is 5.82. The molecule has 6 nitrogen and oxygen atoms in total. The topological polar surface area (TPSA) is 92.5 Å². The Morgan fingerprint density at radius 3 is 1.96 bits per heavy atom. The SMILES string of the molecule is O=C(Nc1ccc(F)c([N+](=O)[O-])c1)C(O)(c1ccccc1)c1ccccc1. The van der Waals surface area contributed by atoms with Crippen molar-refractivity contribution in [2.75, 3.05) is 5.32 Å². The highest BCUT2D eigenvalue weighted by Crippen LogP contribution is 2.32. The number of halogens is 1. The Bertz CT molecular complexity index is 938. The molecule has 0 aromatic heterocycles. The Balaban J connectivity index is 2.03. The monoisotopic (exact) mass is 366 g/mol. The maximum absolute atomic E-state index is 13.5. The number of nitrogens with one attached hydrogen (secondary N) is 1. The standard InChI is InChI=1S/C20H15FN2O4/c21-17-12-11-16(13-18(17)23(26)27)22-19(24)20(25,14-7-3-1-4-8-14)15-9-5-2-6-10-15/h1-13,25H,(H,22,24). The van der Waals surface area contributed by atoms with Crippen LogP contribution >= 0.6 is 0 Å². The number of carbonyl (C=O) groups excluding carboxylic acids is 1. The number of rotatable bonds is 5. The van der Waals surface area contributed by atoms with Crippen LogP contribution in [0.2, 0.25) is 0 Å². The molecule has 0 unspecified atom stereocenters. The van der Waals surface area contributed by atoms with Crippen molar-refractivity contribution in [1.29, 1.82) is 0 Å². The van der Waals surface area contributed by atoms with Gasteiger partial charge in [0.2, 0.25) is 5.82 Å². The molecule has 0 radical (unpaired) electrons. The van der Waals surface area contributed by atoms with Crippen LogP contribution in [0.1, 0.15) is 11.1 Å². The van der Waals surface area contributed by atoms with Gasteiger partial charge in [0.05, 0.1) is 4.92 Å². The predicted octanol–water partition coefficient (Wildman–Crippen LogP) is 3.61. The molecular weight excluding hydrogens is 351 g/mol. The van der Waals surface area contributed by atoms with Gasteiger partial charge in [0.15, 0.2) is 5.60 Å². The molecule has 2 N–H and O–H groups in total. The predicted molar refractivity (Wildman–Crippen MR) is 97.6 cm³/mol. The second kappa shape index (κ2) is 7.35. The van der Waals surface area contributed by atoms with E-state index in [4.69, 9.17) is 0 Å². The van der Waals surface area contributed by atoms with Crippen molar-refractivity contribution in [2.24, 2.45) is 0 Å². The maximum Gasteiger partial charge on any atom is 0.306 e. The van der Waals surface area contributed by atoms with Gasteiger partial charge in [-0.15, -0.1) is 0 Å². The number of hydrogen-bond acceptors (Lipinski definition) is 4. The van der Waals surface area contributed by atoms with Gasteiger partial charge in [-0.3, -0.25) is 14.9 Å². The minimum atomic E-state index is -2.04. The summed E-state index contributed by atoms with van der Waals surface area (Å²) >= 11 is 0. The van der Waals surface area contributed by atoms with E-state index >= 15 is 0 Å². The maximum atomic E-state index is 13.5. The summed E-state index contributed by atoms with van der Waals surface area (Å²) in [5.41, 5.74) is -2.16. The highest BCUT2D eigenvalue weighted by Gasteiger charge is 2.40. The van der Waals surface area contributed by atoms with Gasteiger partial charge in [-0.05, 0) is 23.3 Å². The largest absolute Gasteiger partial charge is 0.372 e. The molecular formula is C20H15FN2O4. The van der Waals surface area contributed by atoms with E-state index in [0.29, 0.717) is 11.1 Å². The lowest BCUT2D eigenvalue weighted by Crippen LogP contribution is -2.41. The van der Waals surface area contributed by atoms with Crippen LogP contribution in [0.15, 0.2) is 78.9 Å². The summed E-state index contributed by atoms with van der Waals surface area (Å²) in [5.74, 6) is -1.83. The average Bonchev–Trinajstić information content (AvgIpc) is 2.69. The van der Waals surface area contributed by atoms with E-state index in [1.165, 1.54) is 6.07 Å². The summed E-state index contributed by atoms with van der Waals surface area (Å²) in [7, 11) is 0. The van der Waals surface area contributed by atoms with E-state index in [1.54, 1.807) is 60.7 Å². The molecule has 7 heteroatoms. The fraction of sp³-hybridized carbons (Fsp3) is 0.0500. The van der Waals surface area contributed by atoms with Gasteiger partial charge < -0.3 is 10.4 Å². The van der Waals surface area contributed by atoms with Crippen LogP contribution in [0.3, 0.4) is 0 Å². The molecule has 0 fully saturated rings. The van der Waals surface area contributed by atoms with Crippen LogP contribution in [-0.2, 0) is 10.4 Å². The Labute approximate surface area is 154 Å². The Morgan fingerprint density at radius 1 is 0.963 bits per heavy atom. The zero-order valence-corrected chi connectivity index (χ0v) is 14.0. The molecule has 3 rings (SSSR count). The zero-order chi connectivity index (χ0) is 19.4. The van der Waals surface area contributed by atoms with Crippen molar-refractivity contribution in [3.05, 3.63) is 106 Å². The molecule has 3 aromatic carbocycles. The van der Waals surface area contributed by atoms with Crippen LogP contribution in [0.5, 0.6) is 0 Å². The molecule has 1 amide bonds. The van der Waals surface area contributed by atoms with Crippen LogP contribution in [-0.4, -0.2) is 15.9 Å². The van der Waals surface area contributed by atoms with Gasteiger partial charge in [0.25, 0.3) is 5.91 Å². The normalized spacial score (nSPS) is 11.0. The number of benzene rings is 3. The quantitative estimate of drug-likeness (QED) is 0.533. The number of nitrogens with zero attached hydrogens (tertiary/aromatic N) is 1. The molecule has 0 saturated carbocycles. The third-order valence-corrected chi connectivity index (χ3v) is 4.11. The summed E-state index contributed by atoms with van der Waals surface area (Å²) in [6.07, 6.45) is 0. The fourth-order valence-corrected chi connectivity index (χ4v) is 2.74. The first kappa shape index (κ1) is 18.2. The second-order valence-corrected chi connectivity index (χ2v) is 5.82. The number of anilines is 1. The molecule has 0 bridgehead atoms. The number of carbonyl (C=O) groups is 1. The van der Waals surface area contributed by atoms with E-state index < -0.39 is 27.9 Å². The van der Waals surface area contributed by atoms with E-state index in [1.807, 2.05) is 0 Å². The molecule has 0 aliphatic heterocycles. The van der Waals surface area contributed by atoms with Crippen molar-refractivity contribution in [1.82, 2.24) is 0 Å². The minimum absolute atomic E-state index is 0.00149. The summed E-state index contributed by atoms with van der Waals surface area (Å²) in [4.78, 5) is 23.0. The third-order valence-electron chi connectivity index (χ3n) is 4.11.